The topological polar surface area (TPSA) is 99.5 Å². The molecule has 1 aliphatic heterocycles. The summed E-state index contributed by atoms with van der Waals surface area (Å²) in [6.07, 6.45) is 2.42. The van der Waals surface area contributed by atoms with E-state index in [1.165, 1.54) is 25.3 Å². The summed E-state index contributed by atoms with van der Waals surface area (Å²) in [5.41, 5.74) is 0.380. The molecule has 1 aromatic heterocycles. The maximum Gasteiger partial charge on any atom is 0.336 e. The first-order valence-corrected chi connectivity index (χ1v) is 6.90. The predicted molar refractivity (Wildman–Crippen MR) is 77.8 cm³/mol. The number of fused-ring (bicyclic) bond motifs is 1. The van der Waals surface area contributed by atoms with Crippen LogP contribution in [0.4, 0.5) is 5.69 Å². The molecule has 0 fully saturated rings. The van der Waals surface area contributed by atoms with Crippen LogP contribution in [0.2, 0.25) is 0 Å². The van der Waals surface area contributed by atoms with Crippen molar-refractivity contribution in [2.75, 3.05) is 7.11 Å². The number of aromatic nitrogens is 2. The molecule has 116 valence electrons. The Balaban J connectivity index is 2.22. The zero-order valence-corrected chi connectivity index (χ0v) is 12.0. The Morgan fingerprint density at radius 3 is 2.77 bits per heavy atom. The molecule has 1 N–H and O–H groups in total. The summed E-state index contributed by atoms with van der Waals surface area (Å²) >= 11 is 0. The first-order valence-electron chi connectivity index (χ1n) is 6.90. The second kappa shape index (κ2) is 5.21. The lowest BCUT2D eigenvalue weighted by molar-refractivity contribution is -0.384. The van der Waals surface area contributed by atoms with Crippen LogP contribution in [-0.4, -0.2) is 26.3 Å². The third kappa shape index (κ3) is 2.03. The Morgan fingerprint density at radius 2 is 2.14 bits per heavy atom. The summed E-state index contributed by atoms with van der Waals surface area (Å²) in [7, 11) is 1.36. The number of non-ortho nitro benzene ring substituents is 1. The second-order valence-corrected chi connectivity index (χ2v) is 5.11. The molecule has 2 aromatic rings. The Labute approximate surface area is 125 Å². The fourth-order valence-corrected chi connectivity index (χ4v) is 2.80. The number of nitro groups is 1. The summed E-state index contributed by atoms with van der Waals surface area (Å²) in [5.74, 6) is 0.0337. The third-order valence-electron chi connectivity index (χ3n) is 3.88. The van der Waals surface area contributed by atoms with Crippen molar-refractivity contribution in [3.63, 3.8) is 0 Å². The van der Waals surface area contributed by atoms with Crippen LogP contribution in [0.3, 0.4) is 0 Å². The molecule has 1 aliphatic rings. The minimum atomic E-state index is -0.542. The van der Waals surface area contributed by atoms with Gasteiger partial charge in [-0.15, -0.1) is 0 Å². The Hall–Kier alpha value is -2.77. The van der Waals surface area contributed by atoms with Crippen LogP contribution >= 0.6 is 0 Å². The second-order valence-electron chi connectivity index (χ2n) is 5.11. The first kappa shape index (κ1) is 14.2. The fourth-order valence-electron chi connectivity index (χ4n) is 2.80. The van der Waals surface area contributed by atoms with Crippen molar-refractivity contribution < 1.29 is 14.8 Å². The van der Waals surface area contributed by atoms with Gasteiger partial charge in [0, 0.05) is 12.6 Å². The highest BCUT2D eigenvalue weighted by Gasteiger charge is 2.25. The number of nitrogens with zero attached hydrogens (tertiary/aromatic N) is 3. The average molecular weight is 305 g/mol. The van der Waals surface area contributed by atoms with E-state index in [1.807, 2.05) is 0 Å². The first-order chi connectivity index (χ1) is 10.5. The molecule has 0 radical (unpaired) electrons. The van der Waals surface area contributed by atoms with Gasteiger partial charge >= 0.3 is 5.69 Å². The van der Waals surface area contributed by atoms with Crippen molar-refractivity contribution in [3.05, 3.63) is 44.5 Å². The summed E-state index contributed by atoms with van der Waals surface area (Å²) in [6, 6.07) is 3.92. The van der Waals surface area contributed by atoms with Gasteiger partial charge in [-0.05, 0) is 25.3 Å². The molecule has 0 aliphatic carbocycles. The molecule has 8 nitrogen and oxygen atoms in total. The number of rotatable bonds is 3. The molecule has 1 aromatic carbocycles. The lowest BCUT2D eigenvalue weighted by Gasteiger charge is -2.12. The van der Waals surface area contributed by atoms with Crippen LogP contribution in [0.5, 0.6) is 11.6 Å². The van der Waals surface area contributed by atoms with Crippen LogP contribution in [0.15, 0.2) is 23.0 Å². The van der Waals surface area contributed by atoms with Gasteiger partial charge in [0.1, 0.15) is 5.75 Å². The molecule has 22 heavy (non-hydrogen) atoms. The predicted octanol–water partition coefficient (Wildman–Crippen LogP) is 1.60. The molecule has 2 heterocycles. The maximum absolute atomic E-state index is 12.5. The molecule has 0 bridgehead atoms. The standard InChI is InChI=1S/C14H15N3O5/c1-22-12-8-9(17(20)21)5-6-10(12)16-13(18)11-4-2-3-7-15(11)14(16)19/h5-6,8,18H,2-4,7H2,1H3. The van der Waals surface area contributed by atoms with Gasteiger partial charge in [0.25, 0.3) is 5.69 Å². The molecule has 0 amide bonds. The molecule has 8 heteroatoms. The zero-order valence-electron chi connectivity index (χ0n) is 12.0. The number of nitro benzene ring substituents is 1. The lowest BCUT2D eigenvalue weighted by Crippen LogP contribution is -2.26. The highest BCUT2D eigenvalue weighted by Crippen LogP contribution is 2.32. The van der Waals surface area contributed by atoms with E-state index >= 15 is 0 Å². The SMILES string of the molecule is COc1cc([N+](=O)[O-])ccc1-n1c(O)c2n(c1=O)CCCC2. The molecular weight excluding hydrogens is 290 g/mol. The van der Waals surface area contributed by atoms with Crippen molar-refractivity contribution >= 4 is 5.69 Å². The highest BCUT2D eigenvalue weighted by molar-refractivity contribution is 5.55. The molecule has 0 atom stereocenters. The minimum Gasteiger partial charge on any atom is -0.494 e. The number of hydrogen-bond donors (Lipinski definition) is 1. The minimum absolute atomic E-state index is 0.128. The van der Waals surface area contributed by atoms with Gasteiger partial charge in [-0.25, -0.2) is 9.36 Å². The Bertz CT molecular complexity index is 806. The van der Waals surface area contributed by atoms with Crippen molar-refractivity contribution in [1.82, 2.24) is 9.13 Å². The number of methoxy groups -OCH3 is 1. The van der Waals surface area contributed by atoms with Gasteiger partial charge in [0.15, 0.2) is 0 Å². The van der Waals surface area contributed by atoms with Crippen molar-refractivity contribution in [1.29, 1.82) is 0 Å². The Kier molecular flexibility index (Phi) is 3.36. The van der Waals surface area contributed by atoms with Crippen molar-refractivity contribution in [2.45, 2.75) is 25.8 Å². The molecule has 0 unspecified atom stereocenters. The quantitative estimate of drug-likeness (QED) is 0.685. The monoisotopic (exact) mass is 305 g/mol. The zero-order chi connectivity index (χ0) is 15.9. The number of imidazole rings is 1. The van der Waals surface area contributed by atoms with Crippen LogP contribution in [0, 0.1) is 10.1 Å². The lowest BCUT2D eigenvalue weighted by atomic mass is 10.1. The maximum atomic E-state index is 12.5. The smallest absolute Gasteiger partial charge is 0.336 e. The molecular formula is C14H15N3O5. The number of hydrogen-bond acceptors (Lipinski definition) is 5. The molecule has 0 spiro atoms. The van der Waals surface area contributed by atoms with Gasteiger partial charge in [-0.3, -0.25) is 14.7 Å². The van der Waals surface area contributed by atoms with E-state index < -0.39 is 4.92 Å². The summed E-state index contributed by atoms with van der Waals surface area (Å²) < 4.78 is 7.83. The molecule has 0 saturated heterocycles. The van der Waals surface area contributed by atoms with Crippen molar-refractivity contribution in [3.8, 4) is 17.3 Å². The van der Waals surface area contributed by atoms with Gasteiger partial charge in [-0.2, -0.15) is 0 Å². The van der Waals surface area contributed by atoms with Gasteiger partial charge in [-0.1, -0.05) is 0 Å². The van der Waals surface area contributed by atoms with Gasteiger partial charge < -0.3 is 9.84 Å². The summed E-state index contributed by atoms with van der Waals surface area (Å²) in [6.45, 7) is 0.560. The number of ether oxygens (including phenoxy) is 1. The van der Waals surface area contributed by atoms with Crippen LogP contribution in [0.1, 0.15) is 18.5 Å². The van der Waals surface area contributed by atoms with Crippen LogP contribution < -0.4 is 10.4 Å². The van der Waals surface area contributed by atoms with E-state index in [-0.39, 0.29) is 28.7 Å². The normalized spacial score (nSPS) is 13.7. The largest absolute Gasteiger partial charge is 0.494 e. The molecule has 0 saturated carbocycles. The number of benzene rings is 1. The fraction of sp³-hybridized carbons (Fsp3) is 0.357. The third-order valence-corrected chi connectivity index (χ3v) is 3.88. The average Bonchev–Trinajstić information content (AvgIpc) is 2.78. The van der Waals surface area contributed by atoms with Crippen LogP contribution in [0.25, 0.3) is 5.69 Å². The van der Waals surface area contributed by atoms with Crippen molar-refractivity contribution in [2.24, 2.45) is 0 Å². The number of aromatic hydroxyl groups is 1. The van der Waals surface area contributed by atoms with E-state index in [0.717, 1.165) is 17.4 Å². The molecule has 3 rings (SSSR count). The van der Waals surface area contributed by atoms with Gasteiger partial charge in [0.05, 0.1) is 29.5 Å². The van der Waals surface area contributed by atoms with Gasteiger partial charge in [0.2, 0.25) is 5.88 Å². The van der Waals surface area contributed by atoms with E-state index in [9.17, 15) is 20.0 Å². The van der Waals surface area contributed by atoms with E-state index in [4.69, 9.17) is 4.74 Å². The highest BCUT2D eigenvalue weighted by atomic mass is 16.6. The van der Waals surface area contributed by atoms with E-state index in [1.54, 1.807) is 4.57 Å². The summed E-state index contributed by atoms with van der Waals surface area (Å²) in [5, 5.41) is 21.2. The van der Waals surface area contributed by atoms with Crippen LogP contribution in [-0.2, 0) is 13.0 Å². The van der Waals surface area contributed by atoms with E-state index in [0.29, 0.717) is 18.7 Å². The Morgan fingerprint density at radius 1 is 1.36 bits per heavy atom. The summed E-state index contributed by atoms with van der Waals surface area (Å²) in [4.78, 5) is 22.8. The van der Waals surface area contributed by atoms with E-state index in [2.05, 4.69) is 0 Å².